The van der Waals surface area contributed by atoms with E-state index < -0.39 is 16.3 Å². The number of sulfone groups is 1. The van der Waals surface area contributed by atoms with E-state index in [1.807, 2.05) is 0 Å². The lowest BCUT2D eigenvalue weighted by molar-refractivity contribution is -0.119. The highest BCUT2D eigenvalue weighted by Crippen LogP contribution is 2.43. The molecule has 196 valence electrons. The van der Waals surface area contributed by atoms with Crippen LogP contribution in [-0.4, -0.2) is 34.6 Å². The topological polar surface area (TPSA) is 69.0 Å². The maximum Gasteiger partial charge on any atom is 0.282 e. The minimum absolute atomic E-state index is 0.105. The molecular weight excluding hydrogens is 522 g/mol. The summed E-state index contributed by atoms with van der Waals surface area (Å²) in [5.41, 5.74) is 1.32. The lowest BCUT2D eigenvalue weighted by atomic mass is 9.84. The average Bonchev–Trinajstić information content (AvgIpc) is 3.73. The van der Waals surface area contributed by atoms with Crippen molar-refractivity contribution in [2.75, 3.05) is 5.75 Å². The highest BCUT2D eigenvalue weighted by Gasteiger charge is 2.36. The molecule has 36 heavy (non-hydrogen) atoms. The fourth-order valence-corrected chi connectivity index (χ4v) is 9.33. The Morgan fingerprint density at radius 1 is 1.19 bits per heavy atom. The van der Waals surface area contributed by atoms with E-state index in [1.165, 1.54) is 22.1 Å². The fraction of sp³-hybridized carbons (Fsp3) is 0.654. The Kier molecular flexibility index (Phi) is 7.49. The number of rotatable bonds is 12. The molecule has 1 atom stereocenters. The molecule has 0 aromatic carbocycles. The molecule has 0 bridgehead atoms. The van der Waals surface area contributed by atoms with Crippen LogP contribution < -0.4 is 0 Å². The van der Waals surface area contributed by atoms with Crippen molar-refractivity contribution in [3.8, 4) is 0 Å². The first-order valence-electron chi connectivity index (χ1n) is 12.8. The molecule has 0 saturated heterocycles. The Hall–Kier alpha value is -1.52. The summed E-state index contributed by atoms with van der Waals surface area (Å²) in [6, 6.07) is 1.41. The molecule has 0 radical (unpaired) electrons. The van der Waals surface area contributed by atoms with Crippen molar-refractivity contribution < 1.29 is 22.0 Å². The zero-order valence-electron chi connectivity index (χ0n) is 20.5. The quantitative estimate of drug-likeness (QED) is 0.319. The summed E-state index contributed by atoms with van der Waals surface area (Å²) in [5.74, 6) is 1.15. The Bertz CT molecular complexity index is 1270. The van der Waals surface area contributed by atoms with E-state index in [9.17, 15) is 22.0 Å². The number of hydrogen-bond acceptors (Lipinski definition) is 6. The average molecular weight is 555 g/mol. The van der Waals surface area contributed by atoms with Crippen molar-refractivity contribution in [2.45, 2.75) is 81.9 Å². The summed E-state index contributed by atoms with van der Waals surface area (Å²) < 4.78 is 54.6. The molecule has 1 unspecified atom stereocenters. The highest BCUT2D eigenvalue weighted by molar-refractivity contribution is 7.91. The van der Waals surface area contributed by atoms with Crippen LogP contribution in [0.25, 0.3) is 0 Å². The van der Waals surface area contributed by atoms with E-state index in [-0.39, 0.29) is 35.5 Å². The number of aryl methyl sites for hydroxylation is 2. The van der Waals surface area contributed by atoms with Gasteiger partial charge in [-0.1, -0.05) is 25.1 Å². The number of carbonyl (C=O) groups excluding carboxylic acids is 1. The molecule has 3 aliphatic rings. The summed E-state index contributed by atoms with van der Waals surface area (Å²) in [6.45, 7) is 0. The molecule has 5 nitrogen and oxygen atoms in total. The summed E-state index contributed by atoms with van der Waals surface area (Å²) in [6.07, 6.45) is 5.73. The second-order valence-electron chi connectivity index (χ2n) is 10.7. The monoisotopic (exact) mass is 554 g/mol. The molecule has 0 N–H and O–H groups in total. The van der Waals surface area contributed by atoms with Gasteiger partial charge in [-0.25, -0.2) is 17.2 Å². The largest absolute Gasteiger partial charge is 0.299 e. The van der Waals surface area contributed by atoms with Crippen LogP contribution in [0.3, 0.4) is 0 Å². The fourth-order valence-electron chi connectivity index (χ4n) is 5.27. The van der Waals surface area contributed by atoms with Gasteiger partial charge >= 0.3 is 0 Å². The van der Waals surface area contributed by atoms with Crippen LogP contribution in [0.15, 0.2) is 11.0 Å². The SMILES string of the molecule is Cn1nc(C(F)F)cc1CC(=S)CC1CCc2sc(CC(=O)C3CC3)c(S(=O)(=O)CCC3CC3)c2C1. The summed E-state index contributed by atoms with van der Waals surface area (Å²) in [4.78, 5) is 15.7. The number of aromatic nitrogens is 2. The Morgan fingerprint density at radius 2 is 1.94 bits per heavy atom. The predicted octanol–water partition coefficient (Wildman–Crippen LogP) is 5.62. The third kappa shape index (κ3) is 5.96. The molecule has 2 aromatic rings. The summed E-state index contributed by atoms with van der Waals surface area (Å²) in [7, 11) is -1.82. The van der Waals surface area contributed by atoms with Crippen LogP contribution in [-0.2, 0) is 47.4 Å². The van der Waals surface area contributed by atoms with Crippen LogP contribution in [0, 0.1) is 17.8 Å². The molecule has 2 fully saturated rings. The number of halogens is 2. The molecule has 3 aliphatic carbocycles. The lowest BCUT2D eigenvalue weighted by Gasteiger charge is -2.23. The van der Waals surface area contributed by atoms with Gasteiger partial charge in [-0.3, -0.25) is 9.48 Å². The van der Waals surface area contributed by atoms with E-state index in [4.69, 9.17) is 12.2 Å². The van der Waals surface area contributed by atoms with E-state index >= 15 is 0 Å². The van der Waals surface area contributed by atoms with E-state index in [2.05, 4.69) is 5.10 Å². The molecule has 10 heteroatoms. The number of ketones is 1. The molecule has 0 aliphatic heterocycles. The number of hydrogen-bond donors (Lipinski definition) is 0. The smallest absolute Gasteiger partial charge is 0.282 e. The number of nitrogens with zero attached hydrogens (tertiary/aromatic N) is 2. The van der Waals surface area contributed by atoms with Gasteiger partial charge in [0.05, 0.1) is 10.6 Å². The van der Waals surface area contributed by atoms with Crippen molar-refractivity contribution in [2.24, 2.45) is 24.8 Å². The van der Waals surface area contributed by atoms with Crippen molar-refractivity contribution in [3.05, 3.63) is 32.8 Å². The van der Waals surface area contributed by atoms with E-state index in [0.717, 1.165) is 58.7 Å². The predicted molar refractivity (Wildman–Crippen MR) is 140 cm³/mol. The van der Waals surface area contributed by atoms with Gasteiger partial charge in [0.25, 0.3) is 6.43 Å². The number of thiophene rings is 1. The zero-order valence-corrected chi connectivity index (χ0v) is 22.9. The molecule has 2 saturated carbocycles. The first-order valence-corrected chi connectivity index (χ1v) is 15.7. The first kappa shape index (κ1) is 26.1. The number of Topliss-reactive ketones (excluding diaryl/α,β-unsaturated/α-hetero) is 1. The second-order valence-corrected chi connectivity index (χ2v) is 14.6. The van der Waals surface area contributed by atoms with Crippen LogP contribution in [0.5, 0.6) is 0 Å². The third-order valence-electron chi connectivity index (χ3n) is 7.67. The molecule has 0 spiro atoms. The van der Waals surface area contributed by atoms with Crippen LogP contribution in [0.2, 0.25) is 0 Å². The van der Waals surface area contributed by atoms with Gasteiger partial charge in [-0.05, 0) is 73.3 Å². The summed E-state index contributed by atoms with van der Waals surface area (Å²) >= 11 is 7.17. The standard InChI is InChI=1S/C26H32F2N2O3S3/c1-30-18(13-21(29-30)26(27)28)12-19(34)10-16-4-7-23-20(11-16)25(36(32,33)9-8-15-2-3-15)24(35-23)14-22(31)17-5-6-17/h13,15-17,26H,2-12,14H2,1H3. The molecular formula is C26H32F2N2O3S3. The lowest BCUT2D eigenvalue weighted by Crippen LogP contribution is -2.20. The third-order valence-corrected chi connectivity index (χ3v) is 11.3. The summed E-state index contributed by atoms with van der Waals surface area (Å²) in [5, 5.41) is 3.87. The van der Waals surface area contributed by atoms with Crippen molar-refractivity contribution in [1.29, 1.82) is 0 Å². The van der Waals surface area contributed by atoms with Crippen LogP contribution in [0.4, 0.5) is 8.78 Å². The number of thiocarbonyl (C=S) groups is 1. The normalized spacial score (nSPS) is 20.1. The molecule has 2 aromatic heterocycles. The Labute approximate surface area is 220 Å². The van der Waals surface area contributed by atoms with Crippen LogP contribution >= 0.6 is 23.6 Å². The van der Waals surface area contributed by atoms with Gasteiger partial charge in [-0.2, -0.15) is 5.10 Å². The van der Waals surface area contributed by atoms with Gasteiger partial charge in [0.1, 0.15) is 11.5 Å². The highest BCUT2D eigenvalue weighted by atomic mass is 32.2. The van der Waals surface area contributed by atoms with Crippen molar-refractivity contribution in [3.63, 3.8) is 0 Å². The Balaban J connectivity index is 1.33. The Morgan fingerprint density at radius 3 is 2.58 bits per heavy atom. The van der Waals surface area contributed by atoms with Crippen molar-refractivity contribution in [1.82, 2.24) is 9.78 Å². The van der Waals surface area contributed by atoms with E-state index in [0.29, 0.717) is 42.2 Å². The van der Waals surface area contributed by atoms with Crippen molar-refractivity contribution >= 4 is 44.0 Å². The molecule has 2 heterocycles. The molecule has 0 amide bonds. The van der Waals surface area contributed by atoms with Gasteiger partial charge < -0.3 is 0 Å². The van der Waals surface area contributed by atoms with Gasteiger partial charge in [0.15, 0.2) is 9.84 Å². The minimum atomic E-state index is -3.46. The second kappa shape index (κ2) is 10.3. The van der Waals surface area contributed by atoms with Gasteiger partial charge in [0.2, 0.25) is 0 Å². The first-order chi connectivity index (χ1) is 17.1. The molecule has 5 rings (SSSR count). The zero-order chi connectivity index (χ0) is 25.6. The number of fused-ring (bicyclic) bond motifs is 1. The van der Waals surface area contributed by atoms with Crippen LogP contribution in [0.1, 0.15) is 78.1 Å². The van der Waals surface area contributed by atoms with E-state index in [1.54, 1.807) is 7.05 Å². The maximum atomic E-state index is 13.5. The maximum absolute atomic E-state index is 13.5. The number of alkyl halides is 2. The van der Waals surface area contributed by atoms with Gasteiger partial charge in [-0.15, -0.1) is 11.3 Å². The van der Waals surface area contributed by atoms with Gasteiger partial charge in [0, 0.05) is 41.3 Å². The minimum Gasteiger partial charge on any atom is -0.299 e. The number of carbonyl (C=O) groups is 1.